The summed E-state index contributed by atoms with van der Waals surface area (Å²) in [5, 5.41) is 12.1. The first kappa shape index (κ1) is 17.1. The molecule has 6 heteroatoms. The number of anilines is 1. The van der Waals surface area contributed by atoms with E-state index in [1.165, 1.54) is 13.8 Å². The zero-order valence-electron chi connectivity index (χ0n) is 12.3. The molecule has 0 saturated carbocycles. The first-order chi connectivity index (χ1) is 9.95. The third-order valence-corrected chi connectivity index (χ3v) is 3.74. The predicted octanol–water partition coefficient (Wildman–Crippen LogP) is 3.14. The summed E-state index contributed by atoms with van der Waals surface area (Å²) in [4.78, 5) is 23.4. The molecule has 1 amide bonds. The number of rotatable bonds is 7. The molecule has 0 aliphatic carbocycles. The number of carbonyl (C=O) groups excluding carboxylic acids is 2. The Morgan fingerprint density at radius 2 is 1.95 bits per heavy atom. The van der Waals surface area contributed by atoms with Gasteiger partial charge in [0, 0.05) is 0 Å². The second-order valence-electron chi connectivity index (χ2n) is 4.24. The zero-order chi connectivity index (χ0) is 15.8. The Morgan fingerprint density at radius 3 is 2.52 bits per heavy atom. The van der Waals surface area contributed by atoms with Gasteiger partial charge in [0.05, 0.1) is 23.0 Å². The second kappa shape index (κ2) is 8.36. The molecule has 5 nitrogen and oxygen atoms in total. The number of benzene rings is 1. The molecular weight excluding hydrogens is 290 g/mol. The van der Waals surface area contributed by atoms with Crippen molar-refractivity contribution in [1.29, 1.82) is 0 Å². The molecule has 0 aliphatic rings. The number of aliphatic hydroxyl groups excluding tert-OH is 1. The Labute approximate surface area is 128 Å². The van der Waals surface area contributed by atoms with Gasteiger partial charge in [-0.25, -0.2) is 0 Å². The molecular formula is C15H19NO4S. The van der Waals surface area contributed by atoms with Crippen molar-refractivity contribution in [3.63, 3.8) is 0 Å². The van der Waals surface area contributed by atoms with E-state index >= 15 is 0 Å². The number of hydrogen-bond acceptors (Lipinski definition) is 5. The predicted molar refractivity (Wildman–Crippen MR) is 84.7 cm³/mol. The minimum atomic E-state index is -0.271. The van der Waals surface area contributed by atoms with E-state index in [-0.39, 0.29) is 28.1 Å². The highest BCUT2D eigenvalue weighted by Gasteiger charge is 2.13. The zero-order valence-corrected chi connectivity index (χ0v) is 13.1. The van der Waals surface area contributed by atoms with Gasteiger partial charge >= 0.3 is 0 Å². The van der Waals surface area contributed by atoms with Gasteiger partial charge in [-0.15, -0.1) is 11.8 Å². The van der Waals surface area contributed by atoms with E-state index in [1.807, 2.05) is 13.0 Å². The quantitative estimate of drug-likeness (QED) is 0.598. The maximum absolute atomic E-state index is 11.9. The summed E-state index contributed by atoms with van der Waals surface area (Å²) in [5.41, 5.74) is 0.582. The number of amides is 1. The third kappa shape index (κ3) is 5.51. The van der Waals surface area contributed by atoms with Crippen molar-refractivity contribution in [3.05, 3.63) is 34.9 Å². The summed E-state index contributed by atoms with van der Waals surface area (Å²) in [6, 6.07) is 7.13. The first-order valence-electron chi connectivity index (χ1n) is 6.51. The highest BCUT2D eigenvalue weighted by molar-refractivity contribution is 8.04. The minimum Gasteiger partial charge on any atom is -0.511 e. The number of para-hydroxylation sites is 2. The molecule has 0 heterocycles. The van der Waals surface area contributed by atoms with Gasteiger partial charge in [-0.3, -0.25) is 9.59 Å². The van der Waals surface area contributed by atoms with E-state index in [9.17, 15) is 14.7 Å². The summed E-state index contributed by atoms with van der Waals surface area (Å²) >= 11 is 1.01. The number of aliphatic hydroxyl groups is 1. The summed E-state index contributed by atoms with van der Waals surface area (Å²) in [6.07, 6.45) is 0. The molecule has 0 atom stereocenters. The van der Waals surface area contributed by atoms with Crippen molar-refractivity contribution < 1.29 is 19.4 Å². The Bertz CT molecular complexity index is 550. The average Bonchev–Trinajstić information content (AvgIpc) is 2.40. The van der Waals surface area contributed by atoms with Gasteiger partial charge < -0.3 is 15.2 Å². The molecule has 0 fully saturated rings. The lowest BCUT2D eigenvalue weighted by Crippen LogP contribution is -2.15. The Hall–Kier alpha value is -1.95. The third-order valence-electron chi connectivity index (χ3n) is 2.46. The van der Waals surface area contributed by atoms with Crippen LogP contribution in [-0.4, -0.2) is 29.2 Å². The number of Topliss-reactive ketones (excluding diaryl/α,β-unsaturated/α-hetero) is 1. The standard InChI is InChI=1S/C15H19NO4S/c1-4-20-13-8-6-5-7-12(13)16-14(19)9-21-15(10(2)17)11(3)18/h5-8,17H,4,9H2,1-3H3,(H,16,19)/b15-10+. The number of thioether (sulfide) groups is 1. The highest BCUT2D eigenvalue weighted by atomic mass is 32.2. The molecule has 1 aromatic rings. The van der Waals surface area contributed by atoms with Crippen LogP contribution >= 0.6 is 11.8 Å². The van der Waals surface area contributed by atoms with Crippen LogP contribution in [0.25, 0.3) is 0 Å². The second-order valence-corrected chi connectivity index (χ2v) is 5.22. The normalized spacial score (nSPS) is 11.6. The lowest BCUT2D eigenvalue weighted by molar-refractivity contribution is -0.114. The van der Waals surface area contributed by atoms with E-state index in [4.69, 9.17) is 4.74 Å². The van der Waals surface area contributed by atoms with Crippen LogP contribution in [0.4, 0.5) is 5.69 Å². The first-order valence-corrected chi connectivity index (χ1v) is 7.49. The van der Waals surface area contributed by atoms with Crippen LogP contribution in [0.3, 0.4) is 0 Å². The van der Waals surface area contributed by atoms with Crippen molar-refractivity contribution in [1.82, 2.24) is 0 Å². The molecule has 21 heavy (non-hydrogen) atoms. The maximum Gasteiger partial charge on any atom is 0.234 e. The van der Waals surface area contributed by atoms with Crippen molar-refractivity contribution in [2.45, 2.75) is 20.8 Å². The molecule has 0 aliphatic heterocycles. The molecule has 0 spiro atoms. The van der Waals surface area contributed by atoms with Gasteiger partial charge in [-0.05, 0) is 32.9 Å². The van der Waals surface area contributed by atoms with Crippen molar-refractivity contribution in [3.8, 4) is 5.75 Å². The summed E-state index contributed by atoms with van der Waals surface area (Å²) < 4.78 is 5.41. The lowest BCUT2D eigenvalue weighted by atomic mass is 10.3. The van der Waals surface area contributed by atoms with E-state index < -0.39 is 0 Å². The number of carbonyl (C=O) groups is 2. The van der Waals surface area contributed by atoms with E-state index in [0.717, 1.165) is 11.8 Å². The summed E-state index contributed by atoms with van der Waals surface area (Å²) in [5.74, 6) is 0.0245. The van der Waals surface area contributed by atoms with Crippen molar-refractivity contribution in [2.75, 3.05) is 17.7 Å². The van der Waals surface area contributed by atoms with Crippen LogP contribution < -0.4 is 10.1 Å². The molecule has 0 unspecified atom stereocenters. The Balaban J connectivity index is 2.67. The fraction of sp³-hybridized carbons (Fsp3) is 0.333. The minimum absolute atomic E-state index is 0.0350. The van der Waals surface area contributed by atoms with Crippen molar-refractivity contribution in [2.24, 2.45) is 0 Å². The Morgan fingerprint density at radius 1 is 1.29 bits per heavy atom. The fourth-order valence-corrected chi connectivity index (χ4v) is 2.40. The SMILES string of the molecule is CCOc1ccccc1NC(=O)CS/C(C(C)=O)=C(\C)O. The van der Waals surface area contributed by atoms with E-state index in [1.54, 1.807) is 18.2 Å². The van der Waals surface area contributed by atoms with Crippen molar-refractivity contribution >= 4 is 29.1 Å². The molecule has 0 saturated heterocycles. The Kier molecular flexibility index (Phi) is 6.81. The largest absolute Gasteiger partial charge is 0.511 e. The number of nitrogens with one attached hydrogen (secondary N) is 1. The summed E-state index contributed by atoms with van der Waals surface area (Å²) in [6.45, 7) is 5.14. The topological polar surface area (TPSA) is 75.6 Å². The molecule has 0 radical (unpaired) electrons. The number of hydrogen-bond donors (Lipinski definition) is 2. The number of ether oxygens (including phenoxy) is 1. The van der Waals surface area contributed by atoms with Crippen LogP contribution in [0.15, 0.2) is 34.9 Å². The van der Waals surface area contributed by atoms with Crippen LogP contribution in [0, 0.1) is 0 Å². The number of allylic oxidation sites excluding steroid dienone is 2. The van der Waals surface area contributed by atoms with Gasteiger partial charge in [-0.1, -0.05) is 12.1 Å². The average molecular weight is 309 g/mol. The molecule has 114 valence electrons. The smallest absolute Gasteiger partial charge is 0.234 e. The van der Waals surface area contributed by atoms with Crippen LogP contribution in [0.1, 0.15) is 20.8 Å². The monoisotopic (exact) mass is 309 g/mol. The fourth-order valence-electron chi connectivity index (χ4n) is 1.64. The van der Waals surface area contributed by atoms with E-state index in [2.05, 4.69) is 5.32 Å². The van der Waals surface area contributed by atoms with Gasteiger partial charge in [0.15, 0.2) is 5.78 Å². The van der Waals surface area contributed by atoms with Crippen LogP contribution in [0.5, 0.6) is 5.75 Å². The molecule has 1 rings (SSSR count). The molecule has 2 N–H and O–H groups in total. The van der Waals surface area contributed by atoms with Crippen LogP contribution in [0.2, 0.25) is 0 Å². The van der Waals surface area contributed by atoms with Gasteiger partial charge in [0.2, 0.25) is 5.91 Å². The number of ketones is 1. The van der Waals surface area contributed by atoms with E-state index in [0.29, 0.717) is 18.0 Å². The van der Waals surface area contributed by atoms with Gasteiger partial charge in [0.1, 0.15) is 11.5 Å². The highest BCUT2D eigenvalue weighted by Crippen LogP contribution is 2.25. The molecule has 0 bridgehead atoms. The van der Waals surface area contributed by atoms with Gasteiger partial charge in [-0.2, -0.15) is 0 Å². The summed E-state index contributed by atoms with van der Waals surface area (Å²) in [7, 11) is 0. The maximum atomic E-state index is 11.9. The molecule has 1 aromatic carbocycles. The lowest BCUT2D eigenvalue weighted by Gasteiger charge is -2.11. The molecule has 0 aromatic heterocycles. The van der Waals surface area contributed by atoms with Gasteiger partial charge in [0.25, 0.3) is 0 Å². The van der Waals surface area contributed by atoms with Crippen LogP contribution in [-0.2, 0) is 9.59 Å².